The molecule has 0 atom stereocenters. The maximum absolute atomic E-state index is 5.15. The molecule has 0 bridgehead atoms. The predicted molar refractivity (Wildman–Crippen MR) is 205 cm³/mol. The van der Waals surface area contributed by atoms with E-state index in [0.29, 0.717) is 17.5 Å². The molecule has 9 aromatic rings. The van der Waals surface area contributed by atoms with Crippen molar-refractivity contribution < 1.29 is 0 Å². The lowest BCUT2D eigenvalue weighted by Gasteiger charge is -2.15. The van der Waals surface area contributed by atoms with Crippen LogP contribution in [0, 0.1) is 0 Å². The number of rotatable bonds is 6. The van der Waals surface area contributed by atoms with Crippen molar-refractivity contribution in [2.75, 3.05) is 0 Å². The van der Waals surface area contributed by atoms with Crippen molar-refractivity contribution in [2.24, 2.45) is 0 Å². The van der Waals surface area contributed by atoms with Gasteiger partial charge in [0.05, 0.1) is 11.2 Å². The average molecular weight is 639 g/mol. The molecular weight excluding hydrogens is 609 g/mol. The maximum atomic E-state index is 5.15. The van der Waals surface area contributed by atoms with Crippen molar-refractivity contribution >= 4 is 21.7 Å². The molecule has 4 heteroatoms. The maximum Gasteiger partial charge on any atom is 0.164 e. The zero-order valence-electron chi connectivity index (χ0n) is 27.1. The first kappa shape index (κ1) is 29.4. The first-order valence-electron chi connectivity index (χ1n) is 16.7. The van der Waals surface area contributed by atoms with E-state index in [1.807, 2.05) is 42.5 Å². The zero-order chi connectivity index (χ0) is 33.3. The molecule has 2 aromatic heterocycles. The van der Waals surface area contributed by atoms with Crippen molar-refractivity contribution in [1.82, 2.24) is 19.9 Å². The second kappa shape index (κ2) is 12.7. The molecule has 4 nitrogen and oxygen atoms in total. The quantitative estimate of drug-likeness (QED) is 0.170. The second-order valence-corrected chi connectivity index (χ2v) is 12.3. The van der Waals surface area contributed by atoms with Crippen molar-refractivity contribution in [1.29, 1.82) is 0 Å². The molecule has 0 radical (unpaired) electrons. The van der Waals surface area contributed by atoms with Crippen molar-refractivity contribution in [3.05, 3.63) is 182 Å². The number of fused-ring (bicyclic) bond motifs is 3. The van der Waals surface area contributed by atoms with Gasteiger partial charge in [0.2, 0.25) is 0 Å². The third-order valence-corrected chi connectivity index (χ3v) is 9.12. The molecule has 0 fully saturated rings. The molecule has 0 saturated heterocycles. The predicted octanol–water partition coefficient (Wildman–Crippen LogP) is 11.6. The Hall–Kier alpha value is -6.78. The Morgan fingerprint density at radius 2 is 0.740 bits per heavy atom. The van der Waals surface area contributed by atoms with Gasteiger partial charge >= 0.3 is 0 Å². The van der Waals surface area contributed by atoms with Crippen LogP contribution >= 0.6 is 0 Å². The summed E-state index contributed by atoms with van der Waals surface area (Å²) in [5.41, 5.74) is 10.4. The molecule has 2 heterocycles. The van der Waals surface area contributed by atoms with Gasteiger partial charge in [0.25, 0.3) is 0 Å². The highest BCUT2D eigenvalue weighted by molar-refractivity contribution is 6.17. The summed E-state index contributed by atoms with van der Waals surface area (Å²) in [4.78, 5) is 20.2. The van der Waals surface area contributed by atoms with Crippen LogP contribution in [-0.2, 0) is 0 Å². The molecule has 234 valence electrons. The van der Waals surface area contributed by atoms with E-state index in [0.717, 1.165) is 60.9 Å². The van der Waals surface area contributed by atoms with Crippen LogP contribution in [0.15, 0.2) is 182 Å². The summed E-state index contributed by atoms with van der Waals surface area (Å²) in [5, 5.41) is 3.41. The lowest BCUT2D eigenvalue weighted by Crippen LogP contribution is -2.00. The van der Waals surface area contributed by atoms with Crippen molar-refractivity contribution in [3.8, 4) is 67.7 Å². The molecule has 0 saturated carbocycles. The lowest BCUT2D eigenvalue weighted by atomic mass is 9.92. The highest BCUT2D eigenvalue weighted by Crippen LogP contribution is 2.39. The number of nitrogens with zero attached hydrogens (tertiary/aromatic N) is 4. The number of benzene rings is 7. The first-order valence-corrected chi connectivity index (χ1v) is 16.7. The molecule has 0 N–H and O–H groups in total. The van der Waals surface area contributed by atoms with Crippen molar-refractivity contribution in [3.63, 3.8) is 0 Å². The molecule has 0 aliphatic heterocycles. The van der Waals surface area contributed by atoms with E-state index in [4.69, 9.17) is 19.9 Å². The Morgan fingerprint density at radius 3 is 1.44 bits per heavy atom. The summed E-state index contributed by atoms with van der Waals surface area (Å²) in [6.07, 6.45) is 0. The molecule has 9 rings (SSSR count). The second-order valence-electron chi connectivity index (χ2n) is 12.3. The third kappa shape index (κ3) is 5.49. The van der Waals surface area contributed by atoms with Crippen LogP contribution in [0.5, 0.6) is 0 Å². The minimum atomic E-state index is 0.625. The Kier molecular flexibility index (Phi) is 7.45. The number of pyridine rings is 1. The number of hydrogen-bond acceptors (Lipinski definition) is 4. The monoisotopic (exact) mass is 638 g/mol. The van der Waals surface area contributed by atoms with Gasteiger partial charge in [-0.05, 0) is 34.4 Å². The van der Waals surface area contributed by atoms with Crippen LogP contribution in [0.2, 0.25) is 0 Å². The van der Waals surface area contributed by atoms with E-state index in [1.165, 1.54) is 10.9 Å². The Morgan fingerprint density at radius 1 is 0.280 bits per heavy atom. The molecule has 0 aliphatic carbocycles. The molecule has 0 amide bonds. The van der Waals surface area contributed by atoms with Gasteiger partial charge in [-0.25, -0.2) is 19.9 Å². The molecule has 0 aliphatic rings. The standard InChI is InChI=1S/C46H30N4/c1-4-14-31(15-5-1)32-26-28-35(29-27-32)45-48-44(34-18-8-3-9-19-34)49-46(50-45)37-21-12-20-36(30-37)38-23-13-24-40-42(38)39-22-10-11-25-41(39)47-43(40)33-16-6-2-7-17-33/h1-30H. The van der Waals surface area contributed by atoms with Crippen LogP contribution < -0.4 is 0 Å². The van der Waals surface area contributed by atoms with Crippen molar-refractivity contribution in [2.45, 2.75) is 0 Å². The summed E-state index contributed by atoms with van der Waals surface area (Å²) in [7, 11) is 0. The van der Waals surface area contributed by atoms with E-state index in [-0.39, 0.29) is 0 Å². The normalized spacial score (nSPS) is 11.2. The van der Waals surface area contributed by atoms with E-state index in [2.05, 4.69) is 140 Å². The molecule has 7 aromatic carbocycles. The fourth-order valence-electron chi connectivity index (χ4n) is 6.68. The Labute approximate surface area is 290 Å². The van der Waals surface area contributed by atoms with Gasteiger partial charge in [-0.3, -0.25) is 0 Å². The fraction of sp³-hybridized carbons (Fsp3) is 0. The Balaban J connectivity index is 1.20. The minimum Gasteiger partial charge on any atom is -0.247 e. The van der Waals surface area contributed by atoms with Gasteiger partial charge in [-0.1, -0.05) is 170 Å². The van der Waals surface area contributed by atoms with E-state index >= 15 is 0 Å². The SMILES string of the molecule is c1ccc(-c2ccc(-c3nc(-c4ccccc4)nc(-c4cccc(-c5cccc6c(-c7ccccc7)nc7ccccc7c56)c4)n3)cc2)cc1. The third-order valence-electron chi connectivity index (χ3n) is 9.12. The summed E-state index contributed by atoms with van der Waals surface area (Å²) in [6, 6.07) is 62.8. The topological polar surface area (TPSA) is 51.6 Å². The summed E-state index contributed by atoms with van der Waals surface area (Å²) >= 11 is 0. The highest BCUT2D eigenvalue weighted by Gasteiger charge is 2.17. The molecule has 50 heavy (non-hydrogen) atoms. The number of hydrogen-bond donors (Lipinski definition) is 0. The largest absolute Gasteiger partial charge is 0.247 e. The number of aromatic nitrogens is 4. The van der Waals surface area contributed by atoms with Crippen LogP contribution in [-0.4, -0.2) is 19.9 Å². The van der Waals surface area contributed by atoms with Gasteiger partial charge < -0.3 is 0 Å². The van der Waals surface area contributed by atoms with Gasteiger partial charge in [0, 0.05) is 38.4 Å². The summed E-state index contributed by atoms with van der Waals surface area (Å²) in [6.45, 7) is 0. The molecular formula is C46H30N4. The molecule has 0 spiro atoms. The van der Waals surface area contributed by atoms with E-state index in [9.17, 15) is 0 Å². The van der Waals surface area contributed by atoms with Crippen LogP contribution in [0.4, 0.5) is 0 Å². The minimum absolute atomic E-state index is 0.625. The van der Waals surface area contributed by atoms with Crippen LogP contribution in [0.3, 0.4) is 0 Å². The Bertz CT molecular complexity index is 2620. The van der Waals surface area contributed by atoms with Crippen LogP contribution in [0.25, 0.3) is 89.4 Å². The fourth-order valence-corrected chi connectivity index (χ4v) is 6.68. The van der Waals surface area contributed by atoms with Gasteiger partial charge in [-0.15, -0.1) is 0 Å². The highest BCUT2D eigenvalue weighted by atomic mass is 15.0. The first-order chi connectivity index (χ1) is 24.8. The van der Waals surface area contributed by atoms with Gasteiger partial charge in [-0.2, -0.15) is 0 Å². The van der Waals surface area contributed by atoms with E-state index in [1.54, 1.807) is 0 Å². The summed E-state index contributed by atoms with van der Waals surface area (Å²) in [5.74, 6) is 1.89. The zero-order valence-corrected chi connectivity index (χ0v) is 27.1. The van der Waals surface area contributed by atoms with Gasteiger partial charge in [0.15, 0.2) is 17.5 Å². The average Bonchev–Trinajstić information content (AvgIpc) is 3.21. The molecule has 0 unspecified atom stereocenters. The van der Waals surface area contributed by atoms with Gasteiger partial charge in [0.1, 0.15) is 0 Å². The smallest absolute Gasteiger partial charge is 0.164 e. The van der Waals surface area contributed by atoms with Crippen LogP contribution in [0.1, 0.15) is 0 Å². The number of para-hydroxylation sites is 1. The summed E-state index contributed by atoms with van der Waals surface area (Å²) < 4.78 is 0. The van der Waals surface area contributed by atoms with E-state index < -0.39 is 0 Å². The lowest BCUT2D eigenvalue weighted by molar-refractivity contribution is 1.07.